The molecule has 1 aliphatic heterocycles. The van der Waals surface area contributed by atoms with Gasteiger partial charge in [0.25, 0.3) is 0 Å². The minimum absolute atomic E-state index is 0.213. The van der Waals surface area contributed by atoms with Gasteiger partial charge in [0.05, 0.1) is 12.7 Å². The Bertz CT molecular complexity index is 324. The van der Waals surface area contributed by atoms with Gasteiger partial charge in [-0.15, -0.1) is 0 Å². The fraction of sp³-hybridized carbons (Fsp3) is 0.538. The van der Waals surface area contributed by atoms with Gasteiger partial charge >= 0.3 is 0 Å². The summed E-state index contributed by atoms with van der Waals surface area (Å²) >= 11 is 0. The fourth-order valence-electron chi connectivity index (χ4n) is 2.11. The Labute approximate surface area is 91.4 Å². The molecule has 0 fully saturated rings. The maximum Gasteiger partial charge on any atom is 0.0842 e. The van der Waals surface area contributed by atoms with Gasteiger partial charge in [0.15, 0.2) is 0 Å². The van der Waals surface area contributed by atoms with Gasteiger partial charge in [-0.25, -0.2) is 0 Å². The summed E-state index contributed by atoms with van der Waals surface area (Å²) in [7, 11) is 0. The molecule has 2 heteroatoms. The molecule has 0 saturated carbocycles. The highest BCUT2D eigenvalue weighted by Gasteiger charge is 2.21. The predicted molar refractivity (Wildman–Crippen MR) is 61.7 cm³/mol. The second kappa shape index (κ2) is 4.77. The lowest BCUT2D eigenvalue weighted by Gasteiger charge is -2.27. The summed E-state index contributed by atoms with van der Waals surface area (Å²) in [5.41, 5.74) is 8.75. The van der Waals surface area contributed by atoms with Crippen LogP contribution in [0.25, 0.3) is 0 Å². The van der Waals surface area contributed by atoms with Gasteiger partial charge in [-0.2, -0.15) is 0 Å². The molecule has 0 radical (unpaired) electrons. The molecule has 1 aromatic carbocycles. The molecular formula is C13H19NO. The van der Waals surface area contributed by atoms with Crippen LogP contribution in [0.3, 0.4) is 0 Å². The van der Waals surface area contributed by atoms with Crippen molar-refractivity contribution in [3.63, 3.8) is 0 Å². The highest BCUT2D eigenvalue weighted by Crippen LogP contribution is 2.30. The van der Waals surface area contributed by atoms with Gasteiger partial charge in [0.2, 0.25) is 0 Å². The lowest BCUT2D eigenvalue weighted by molar-refractivity contribution is 0.0319. The van der Waals surface area contributed by atoms with E-state index in [0.717, 1.165) is 25.9 Å². The first-order valence-corrected chi connectivity index (χ1v) is 5.76. The summed E-state index contributed by atoms with van der Waals surface area (Å²) in [6.07, 6.45) is 3.20. The van der Waals surface area contributed by atoms with Crippen LogP contribution in [0, 0.1) is 0 Å². The summed E-state index contributed by atoms with van der Waals surface area (Å²) in [5, 5.41) is 0. The van der Waals surface area contributed by atoms with E-state index in [-0.39, 0.29) is 12.1 Å². The third-order valence-corrected chi connectivity index (χ3v) is 3.13. The van der Waals surface area contributed by atoms with E-state index >= 15 is 0 Å². The van der Waals surface area contributed by atoms with Crippen molar-refractivity contribution in [3.8, 4) is 0 Å². The van der Waals surface area contributed by atoms with Gasteiger partial charge in [-0.3, -0.25) is 0 Å². The Hall–Kier alpha value is -0.860. The quantitative estimate of drug-likeness (QED) is 0.822. The average Bonchev–Trinajstić information content (AvgIpc) is 2.29. The summed E-state index contributed by atoms with van der Waals surface area (Å²) in [4.78, 5) is 0. The summed E-state index contributed by atoms with van der Waals surface area (Å²) in [6.45, 7) is 2.96. The highest BCUT2D eigenvalue weighted by molar-refractivity contribution is 5.30. The average molecular weight is 205 g/mol. The van der Waals surface area contributed by atoms with Gasteiger partial charge in [0.1, 0.15) is 0 Å². The van der Waals surface area contributed by atoms with Crippen molar-refractivity contribution in [3.05, 3.63) is 35.4 Å². The largest absolute Gasteiger partial charge is 0.373 e. The van der Waals surface area contributed by atoms with Crippen molar-refractivity contribution in [1.82, 2.24) is 0 Å². The zero-order valence-electron chi connectivity index (χ0n) is 9.28. The van der Waals surface area contributed by atoms with Gasteiger partial charge in [-0.05, 0) is 30.4 Å². The molecule has 1 aliphatic rings. The third kappa shape index (κ3) is 2.39. The molecule has 0 amide bonds. The second-order valence-electron chi connectivity index (χ2n) is 4.21. The second-order valence-corrected chi connectivity index (χ2v) is 4.21. The third-order valence-electron chi connectivity index (χ3n) is 3.13. The molecule has 2 atom stereocenters. The van der Waals surface area contributed by atoms with Crippen molar-refractivity contribution in [2.75, 3.05) is 6.61 Å². The van der Waals surface area contributed by atoms with E-state index in [1.54, 1.807) is 0 Å². The molecule has 1 aromatic rings. The van der Waals surface area contributed by atoms with Crippen LogP contribution in [0.15, 0.2) is 24.3 Å². The van der Waals surface area contributed by atoms with Crippen molar-refractivity contribution in [1.29, 1.82) is 0 Å². The van der Waals surface area contributed by atoms with Crippen LogP contribution in [0.2, 0.25) is 0 Å². The number of nitrogens with two attached hydrogens (primary N) is 1. The van der Waals surface area contributed by atoms with Crippen molar-refractivity contribution in [2.45, 2.75) is 38.3 Å². The molecule has 2 N–H and O–H groups in total. The monoisotopic (exact) mass is 205 g/mol. The smallest absolute Gasteiger partial charge is 0.0842 e. The minimum Gasteiger partial charge on any atom is -0.373 e. The molecule has 0 bridgehead atoms. The van der Waals surface area contributed by atoms with E-state index in [0.29, 0.717) is 0 Å². The molecule has 2 rings (SSSR count). The Balaban J connectivity index is 2.15. The lowest BCUT2D eigenvalue weighted by atomic mass is 9.93. The van der Waals surface area contributed by atoms with Crippen LogP contribution in [0.5, 0.6) is 0 Å². The van der Waals surface area contributed by atoms with Crippen LogP contribution in [-0.4, -0.2) is 12.6 Å². The van der Waals surface area contributed by atoms with E-state index in [2.05, 4.69) is 31.2 Å². The predicted octanol–water partition coefficient (Wildman–Crippen LogP) is 2.43. The summed E-state index contributed by atoms with van der Waals surface area (Å²) in [6, 6.07) is 8.80. The molecule has 1 heterocycles. The summed E-state index contributed by atoms with van der Waals surface area (Å²) in [5.74, 6) is 0. The zero-order chi connectivity index (χ0) is 10.7. The molecule has 82 valence electrons. The van der Waals surface area contributed by atoms with Crippen LogP contribution in [-0.2, 0) is 11.2 Å². The normalized spacial score (nSPS) is 22.1. The molecular weight excluding hydrogens is 186 g/mol. The SMILES string of the molecule is CCC(N)CC1OCCc2ccccc21. The lowest BCUT2D eigenvalue weighted by Crippen LogP contribution is -2.26. The first kappa shape index (κ1) is 10.7. The Morgan fingerprint density at radius 1 is 1.47 bits per heavy atom. The number of ether oxygens (including phenoxy) is 1. The van der Waals surface area contributed by atoms with Gasteiger partial charge in [0, 0.05) is 6.04 Å². The van der Waals surface area contributed by atoms with E-state index in [9.17, 15) is 0 Å². The maximum atomic E-state index is 5.98. The standard InChI is InChI=1S/C13H19NO/c1-2-11(14)9-13-12-6-4-3-5-10(12)7-8-15-13/h3-6,11,13H,2,7-9,14H2,1H3. The Morgan fingerprint density at radius 2 is 2.27 bits per heavy atom. The number of hydrogen-bond donors (Lipinski definition) is 1. The Morgan fingerprint density at radius 3 is 3.07 bits per heavy atom. The van der Waals surface area contributed by atoms with Gasteiger partial charge < -0.3 is 10.5 Å². The van der Waals surface area contributed by atoms with Crippen LogP contribution in [0.1, 0.15) is 37.0 Å². The van der Waals surface area contributed by atoms with Crippen LogP contribution < -0.4 is 5.73 Å². The number of rotatable bonds is 3. The molecule has 15 heavy (non-hydrogen) atoms. The number of fused-ring (bicyclic) bond motifs is 1. The number of hydrogen-bond acceptors (Lipinski definition) is 2. The molecule has 2 unspecified atom stereocenters. The van der Waals surface area contributed by atoms with E-state index < -0.39 is 0 Å². The molecule has 0 saturated heterocycles. The van der Waals surface area contributed by atoms with E-state index in [1.165, 1.54) is 11.1 Å². The molecule has 0 spiro atoms. The molecule has 0 aliphatic carbocycles. The topological polar surface area (TPSA) is 35.2 Å². The zero-order valence-corrected chi connectivity index (χ0v) is 9.28. The molecule has 0 aromatic heterocycles. The number of benzene rings is 1. The van der Waals surface area contributed by atoms with Crippen molar-refractivity contribution < 1.29 is 4.74 Å². The van der Waals surface area contributed by atoms with Crippen molar-refractivity contribution in [2.24, 2.45) is 5.73 Å². The van der Waals surface area contributed by atoms with E-state index in [1.807, 2.05) is 0 Å². The summed E-state index contributed by atoms with van der Waals surface area (Å²) < 4.78 is 5.80. The first-order chi connectivity index (χ1) is 7.31. The van der Waals surface area contributed by atoms with Crippen LogP contribution >= 0.6 is 0 Å². The Kier molecular flexibility index (Phi) is 3.39. The fourth-order valence-corrected chi connectivity index (χ4v) is 2.11. The maximum absolute atomic E-state index is 5.98. The first-order valence-electron chi connectivity index (χ1n) is 5.76. The van der Waals surface area contributed by atoms with Gasteiger partial charge in [-0.1, -0.05) is 31.2 Å². The minimum atomic E-state index is 0.213. The molecule has 2 nitrogen and oxygen atoms in total. The van der Waals surface area contributed by atoms with Crippen molar-refractivity contribution >= 4 is 0 Å². The highest BCUT2D eigenvalue weighted by atomic mass is 16.5. The van der Waals surface area contributed by atoms with Crippen LogP contribution in [0.4, 0.5) is 0 Å². The van der Waals surface area contributed by atoms with E-state index in [4.69, 9.17) is 10.5 Å².